The summed E-state index contributed by atoms with van der Waals surface area (Å²) in [4.78, 5) is 27.7. The van der Waals surface area contributed by atoms with Crippen LogP contribution in [0.5, 0.6) is 0 Å². The van der Waals surface area contributed by atoms with Crippen molar-refractivity contribution >= 4 is 23.4 Å². The number of urea groups is 1. The Balaban J connectivity index is 1.83. The number of unbranched alkanes of at least 4 members (excludes halogenated alkanes) is 2. The molecule has 0 aliphatic rings. The van der Waals surface area contributed by atoms with Crippen molar-refractivity contribution in [2.45, 2.75) is 66.2 Å². The molecule has 1 aromatic heterocycles. The topological polar surface area (TPSA) is 79.3 Å². The van der Waals surface area contributed by atoms with Gasteiger partial charge in [0.1, 0.15) is 18.2 Å². The number of rotatable bonds is 9. The van der Waals surface area contributed by atoms with Gasteiger partial charge in [-0.3, -0.25) is 4.79 Å². The number of benzene rings is 2. The molecule has 7 nitrogen and oxygen atoms in total. The normalized spacial score (nSPS) is 11.3. The second-order valence-corrected chi connectivity index (χ2v) is 10.5. The number of amides is 3. The van der Waals surface area contributed by atoms with Crippen LogP contribution in [0.1, 0.15) is 63.8 Å². The Kier molecular flexibility index (Phi) is 9.08. The second kappa shape index (κ2) is 12.0. The molecule has 0 bridgehead atoms. The molecule has 8 heteroatoms. The van der Waals surface area contributed by atoms with E-state index in [1.54, 1.807) is 10.7 Å². The number of aromatic nitrogens is 2. The maximum absolute atomic E-state index is 13.6. The highest BCUT2D eigenvalue weighted by atomic mass is 19.1. The Morgan fingerprint density at radius 2 is 1.78 bits per heavy atom. The van der Waals surface area contributed by atoms with Gasteiger partial charge in [0.15, 0.2) is 0 Å². The number of carbonyl (C=O) groups is 2. The molecule has 0 atom stereocenters. The maximum Gasteiger partial charge on any atom is 0.322 e. The zero-order chi connectivity index (χ0) is 27.2. The largest absolute Gasteiger partial charge is 0.322 e. The number of nitrogens with zero attached hydrogens (tertiary/aromatic N) is 3. The molecule has 0 radical (unpaired) electrons. The molecule has 2 aromatic carbocycles. The minimum atomic E-state index is -0.449. The van der Waals surface area contributed by atoms with Crippen molar-refractivity contribution in [3.8, 4) is 5.69 Å². The van der Waals surface area contributed by atoms with E-state index in [4.69, 9.17) is 5.10 Å². The lowest BCUT2D eigenvalue weighted by Crippen LogP contribution is -2.41. The van der Waals surface area contributed by atoms with Crippen molar-refractivity contribution in [1.82, 2.24) is 14.7 Å². The Hall–Kier alpha value is -3.68. The van der Waals surface area contributed by atoms with Crippen LogP contribution >= 0.6 is 0 Å². The fraction of sp³-hybridized carbons (Fsp3) is 0.414. The molecule has 198 valence electrons. The van der Waals surface area contributed by atoms with Crippen LogP contribution in [0.4, 0.5) is 20.7 Å². The molecule has 1 heterocycles. The second-order valence-electron chi connectivity index (χ2n) is 10.5. The van der Waals surface area contributed by atoms with Crippen molar-refractivity contribution < 1.29 is 14.0 Å². The molecule has 0 aliphatic heterocycles. The summed E-state index contributed by atoms with van der Waals surface area (Å²) in [5.41, 5.74) is 4.01. The van der Waals surface area contributed by atoms with E-state index in [-0.39, 0.29) is 17.9 Å². The van der Waals surface area contributed by atoms with Crippen LogP contribution in [0, 0.1) is 19.7 Å². The average Bonchev–Trinajstić information content (AvgIpc) is 3.22. The van der Waals surface area contributed by atoms with Crippen molar-refractivity contribution in [2.24, 2.45) is 0 Å². The quantitative estimate of drug-likeness (QED) is 0.321. The zero-order valence-corrected chi connectivity index (χ0v) is 22.7. The highest BCUT2D eigenvalue weighted by Gasteiger charge is 2.23. The monoisotopic (exact) mass is 507 g/mol. The fourth-order valence-electron chi connectivity index (χ4n) is 3.99. The van der Waals surface area contributed by atoms with E-state index in [1.807, 2.05) is 32.0 Å². The number of anilines is 2. The van der Waals surface area contributed by atoms with Gasteiger partial charge in [-0.25, -0.2) is 13.9 Å². The van der Waals surface area contributed by atoms with Crippen molar-refractivity contribution in [3.63, 3.8) is 0 Å². The van der Waals surface area contributed by atoms with E-state index < -0.39 is 11.8 Å². The number of nitrogens with one attached hydrogen (secondary N) is 2. The van der Waals surface area contributed by atoms with E-state index in [9.17, 15) is 14.0 Å². The number of carbonyl (C=O) groups excluding carboxylic acids is 2. The molecule has 3 amide bonds. The summed E-state index contributed by atoms with van der Waals surface area (Å²) in [7, 11) is 0. The van der Waals surface area contributed by atoms with Crippen LogP contribution < -0.4 is 10.6 Å². The molecule has 0 saturated carbocycles. The lowest BCUT2D eigenvalue weighted by Gasteiger charge is -2.23. The van der Waals surface area contributed by atoms with Crippen molar-refractivity contribution in [3.05, 3.63) is 71.2 Å². The standard InChI is InChI=1S/C29H38FN5O2/c1-7-8-9-15-34(28(37)31-23-12-10-11-22(30)17-23)19-27(36)32-26-18-25(29(4,5)6)33-35(26)24-14-13-20(2)16-21(24)3/h10-14,16-18H,7-9,15,19H2,1-6H3,(H,31,37)(H,32,36). The Morgan fingerprint density at radius 3 is 2.43 bits per heavy atom. The number of hydrogen-bond acceptors (Lipinski definition) is 3. The predicted molar refractivity (Wildman–Crippen MR) is 147 cm³/mol. The van der Waals surface area contributed by atoms with Gasteiger partial charge in [-0.2, -0.15) is 5.10 Å². The van der Waals surface area contributed by atoms with E-state index in [0.717, 1.165) is 41.8 Å². The first-order valence-electron chi connectivity index (χ1n) is 12.8. The zero-order valence-electron chi connectivity index (χ0n) is 22.7. The van der Waals surface area contributed by atoms with Crippen LogP contribution in [0.25, 0.3) is 5.69 Å². The van der Waals surface area contributed by atoms with Gasteiger partial charge in [-0.15, -0.1) is 0 Å². The van der Waals surface area contributed by atoms with Gasteiger partial charge in [-0.05, 0) is 50.1 Å². The Bertz CT molecular complexity index is 1250. The van der Waals surface area contributed by atoms with Crippen LogP contribution in [0.2, 0.25) is 0 Å². The summed E-state index contributed by atoms with van der Waals surface area (Å²) in [6.45, 7) is 12.6. The number of aryl methyl sites for hydroxylation is 2. The molecule has 2 N–H and O–H groups in total. The maximum atomic E-state index is 13.6. The van der Waals surface area contributed by atoms with Crippen molar-refractivity contribution in [1.29, 1.82) is 0 Å². The summed E-state index contributed by atoms with van der Waals surface area (Å²) in [6.07, 6.45) is 2.67. The van der Waals surface area contributed by atoms with Crippen LogP contribution in [0.3, 0.4) is 0 Å². The molecule has 0 fully saturated rings. The highest BCUT2D eigenvalue weighted by molar-refractivity contribution is 5.96. The van der Waals surface area contributed by atoms with Crippen LogP contribution in [0.15, 0.2) is 48.5 Å². The number of hydrogen-bond donors (Lipinski definition) is 2. The number of halogens is 1. The predicted octanol–water partition coefficient (Wildman–Crippen LogP) is 6.59. The summed E-state index contributed by atoms with van der Waals surface area (Å²) in [5.74, 6) is -0.236. The molecule has 3 aromatic rings. The summed E-state index contributed by atoms with van der Waals surface area (Å²) < 4.78 is 15.3. The summed E-state index contributed by atoms with van der Waals surface area (Å²) in [6, 6.07) is 13.2. The Labute approximate surface area is 219 Å². The van der Waals surface area contributed by atoms with Crippen LogP contribution in [-0.2, 0) is 10.2 Å². The SMILES string of the molecule is CCCCCN(CC(=O)Nc1cc(C(C)(C)C)nn1-c1ccc(C)cc1C)C(=O)Nc1cccc(F)c1. The lowest BCUT2D eigenvalue weighted by atomic mass is 9.92. The van der Waals surface area contributed by atoms with E-state index in [1.165, 1.54) is 23.1 Å². The van der Waals surface area contributed by atoms with Gasteiger partial charge in [0, 0.05) is 23.7 Å². The third kappa shape index (κ3) is 7.65. The molecule has 0 spiro atoms. The third-order valence-electron chi connectivity index (χ3n) is 6.05. The molecule has 37 heavy (non-hydrogen) atoms. The van der Waals surface area contributed by atoms with E-state index in [2.05, 4.69) is 44.4 Å². The first kappa shape index (κ1) is 27.9. The summed E-state index contributed by atoms with van der Waals surface area (Å²) >= 11 is 0. The lowest BCUT2D eigenvalue weighted by molar-refractivity contribution is -0.116. The third-order valence-corrected chi connectivity index (χ3v) is 6.05. The molecule has 3 rings (SSSR count). The minimum absolute atomic E-state index is 0.145. The van der Waals surface area contributed by atoms with Gasteiger partial charge in [0.2, 0.25) is 5.91 Å². The van der Waals surface area contributed by atoms with Gasteiger partial charge in [-0.1, -0.05) is 64.3 Å². The first-order chi connectivity index (χ1) is 17.5. The molecule has 0 unspecified atom stereocenters. The molecule has 0 aliphatic carbocycles. The fourth-order valence-corrected chi connectivity index (χ4v) is 3.99. The van der Waals surface area contributed by atoms with Crippen molar-refractivity contribution in [2.75, 3.05) is 23.7 Å². The van der Waals surface area contributed by atoms with Gasteiger partial charge >= 0.3 is 6.03 Å². The van der Waals surface area contributed by atoms with Crippen LogP contribution in [-0.4, -0.2) is 39.7 Å². The highest BCUT2D eigenvalue weighted by Crippen LogP contribution is 2.28. The smallest absolute Gasteiger partial charge is 0.315 e. The average molecular weight is 508 g/mol. The first-order valence-corrected chi connectivity index (χ1v) is 12.8. The van der Waals surface area contributed by atoms with Gasteiger partial charge in [0.05, 0.1) is 11.4 Å². The van der Waals surface area contributed by atoms with E-state index >= 15 is 0 Å². The molecule has 0 saturated heterocycles. The molecular weight excluding hydrogens is 469 g/mol. The van der Waals surface area contributed by atoms with Gasteiger partial charge < -0.3 is 15.5 Å². The van der Waals surface area contributed by atoms with Gasteiger partial charge in [0.25, 0.3) is 0 Å². The minimum Gasteiger partial charge on any atom is -0.315 e. The molecular formula is C29H38FN5O2. The summed E-state index contributed by atoms with van der Waals surface area (Å²) in [5, 5.41) is 10.5. The Morgan fingerprint density at radius 1 is 1.03 bits per heavy atom. The van der Waals surface area contributed by atoms with E-state index in [0.29, 0.717) is 18.1 Å².